The highest BCUT2D eigenvalue weighted by Gasteiger charge is 2.46. The number of carboxylic acid groups (broad SMARTS) is 1. The highest BCUT2D eigenvalue weighted by Crippen LogP contribution is 2.38. The molecule has 0 heterocycles. The van der Waals surface area contributed by atoms with Crippen molar-refractivity contribution in [2.24, 2.45) is 11.8 Å². The third-order valence-corrected chi connectivity index (χ3v) is 3.60. The Bertz CT molecular complexity index is 215. The maximum absolute atomic E-state index is 11.4. The minimum Gasteiger partial charge on any atom is -0.480 e. The van der Waals surface area contributed by atoms with Crippen molar-refractivity contribution in [2.75, 3.05) is 7.05 Å². The Morgan fingerprint density at radius 3 is 2.50 bits per heavy atom. The van der Waals surface area contributed by atoms with E-state index in [9.17, 15) is 9.90 Å². The largest absolute Gasteiger partial charge is 0.480 e. The van der Waals surface area contributed by atoms with Gasteiger partial charge in [-0.25, -0.2) is 0 Å². The second-order valence-electron chi connectivity index (χ2n) is 4.62. The Balaban J connectivity index is 2.93. The Hall–Kier alpha value is -0.570. The van der Waals surface area contributed by atoms with Crippen LogP contribution >= 0.6 is 0 Å². The number of likely N-dealkylation sites (N-methyl/N-ethyl adjacent to an activating group) is 1. The average molecular weight is 199 g/mol. The van der Waals surface area contributed by atoms with Gasteiger partial charge in [-0.1, -0.05) is 26.7 Å². The molecular weight excluding hydrogens is 178 g/mol. The van der Waals surface area contributed by atoms with E-state index in [-0.39, 0.29) is 5.92 Å². The van der Waals surface area contributed by atoms with Crippen LogP contribution in [-0.2, 0) is 4.79 Å². The summed E-state index contributed by atoms with van der Waals surface area (Å²) in [6.07, 6.45) is 3.99. The summed E-state index contributed by atoms with van der Waals surface area (Å²) in [7, 11) is 1.77. The van der Waals surface area contributed by atoms with Gasteiger partial charge in [-0.05, 0) is 31.7 Å². The number of carboxylic acids is 1. The van der Waals surface area contributed by atoms with Crippen LogP contribution in [0.4, 0.5) is 0 Å². The van der Waals surface area contributed by atoms with Gasteiger partial charge in [0, 0.05) is 0 Å². The van der Waals surface area contributed by atoms with Gasteiger partial charge < -0.3 is 10.4 Å². The van der Waals surface area contributed by atoms with E-state index in [0.717, 1.165) is 19.3 Å². The molecule has 0 saturated heterocycles. The van der Waals surface area contributed by atoms with Gasteiger partial charge >= 0.3 is 5.97 Å². The molecule has 2 unspecified atom stereocenters. The van der Waals surface area contributed by atoms with E-state index in [1.165, 1.54) is 6.42 Å². The van der Waals surface area contributed by atoms with Gasteiger partial charge in [-0.3, -0.25) is 4.79 Å². The molecule has 0 aromatic heterocycles. The number of rotatable bonds is 3. The van der Waals surface area contributed by atoms with E-state index < -0.39 is 11.5 Å². The van der Waals surface area contributed by atoms with Crippen molar-refractivity contribution in [3.63, 3.8) is 0 Å². The molecular formula is C11H21NO2. The molecule has 0 aromatic carbocycles. The molecule has 0 spiro atoms. The van der Waals surface area contributed by atoms with Crippen LogP contribution in [0, 0.1) is 11.8 Å². The molecule has 14 heavy (non-hydrogen) atoms. The number of carbonyl (C=O) groups is 1. The Morgan fingerprint density at radius 2 is 2.14 bits per heavy atom. The fourth-order valence-electron chi connectivity index (χ4n) is 2.79. The third-order valence-electron chi connectivity index (χ3n) is 3.60. The molecule has 82 valence electrons. The van der Waals surface area contributed by atoms with Crippen LogP contribution in [-0.4, -0.2) is 23.7 Å². The Morgan fingerprint density at radius 1 is 1.50 bits per heavy atom. The number of nitrogens with one attached hydrogen (secondary N) is 1. The minimum atomic E-state index is -0.682. The number of hydrogen-bond donors (Lipinski definition) is 2. The molecule has 0 amide bonds. The molecule has 2 N–H and O–H groups in total. The van der Waals surface area contributed by atoms with Crippen LogP contribution in [0.25, 0.3) is 0 Å². The highest BCUT2D eigenvalue weighted by atomic mass is 16.4. The zero-order valence-electron chi connectivity index (χ0n) is 9.34. The Labute approximate surface area is 85.9 Å². The van der Waals surface area contributed by atoms with Crippen LogP contribution in [0.2, 0.25) is 0 Å². The van der Waals surface area contributed by atoms with E-state index in [1.807, 2.05) is 0 Å². The predicted octanol–water partition coefficient (Wildman–Crippen LogP) is 1.88. The van der Waals surface area contributed by atoms with Crippen molar-refractivity contribution in [1.29, 1.82) is 0 Å². The van der Waals surface area contributed by atoms with E-state index in [4.69, 9.17) is 0 Å². The lowest BCUT2D eigenvalue weighted by atomic mass is 9.68. The second-order valence-corrected chi connectivity index (χ2v) is 4.62. The van der Waals surface area contributed by atoms with Crippen molar-refractivity contribution in [2.45, 2.75) is 45.1 Å². The van der Waals surface area contributed by atoms with E-state index in [2.05, 4.69) is 19.2 Å². The summed E-state index contributed by atoms with van der Waals surface area (Å²) in [5.41, 5.74) is -0.674. The van der Waals surface area contributed by atoms with Crippen LogP contribution in [0.5, 0.6) is 0 Å². The first-order valence-corrected chi connectivity index (χ1v) is 5.47. The summed E-state index contributed by atoms with van der Waals surface area (Å²) in [5, 5.41) is 12.4. The smallest absolute Gasteiger partial charge is 0.324 e. The van der Waals surface area contributed by atoms with Crippen molar-refractivity contribution in [3.8, 4) is 0 Å². The molecule has 3 nitrogen and oxygen atoms in total. The fraction of sp³-hybridized carbons (Fsp3) is 0.909. The molecule has 1 saturated carbocycles. The zero-order valence-corrected chi connectivity index (χ0v) is 9.34. The summed E-state index contributed by atoms with van der Waals surface area (Å²) in [6.45, 7) is 4.23. The quantitative estimate of drug-likeness (QED) is 0.729. The molecule has 1 aliphatic carbocycles. The number of aliphatic carboxylic acids is 1. The normalized spacial score (nSPS) is 33.3. The van der Waals surface area contributed by atoms with Crippen molar-refractivity contribution < 1.29 is 9.90 Å². The van der Waals surface area contributed by atoms with Gasteiger partial charge in [-0.2, -0.15) is 0 Å². The predicted molar refractivity (Wildman–Crippen MR) is 56.2 cm³/mol. The molecule has 2 atom stereocenters. The summed E-state index contributed by atoms with van der Waals surface area (Å²) >= 11 is 0. The fourth-order valence-corrected chi connectivity index (χ4v) is 2.79. The summed E-state index contributed by atoms with van der Waals surface area (Å²) in [5.74, 6) is 0.0102. The van der Waals surface area contributed by atoms with Gasteiger partial charge in [-0.15, -0.1) is 0 Å². The van der Waals surface area contributed by atoms with Gasteiger partial charge in [0.2, 0.25) is 0 Å². The maximum Gasteiger partial charge on any atom is 0.324 e. The standard InChI is InChI=1S/C11H21NO2/c1-8(2)9-6-4-5-7-11(9,12-3)10(13)14/h8-9,12H,4-7H2,1-3H3,(H,13,14). The monoisotopic (exact) mass is 199 g/mol. The minimum absolute atomic E-state index is 0.263. The molecule has 3 heteroatoms. The van der Waals surface area contributed by atoms with E-state index in [1.54, 1.807) is 7.05 Å². The summed E-state index contributed by atoms with van der Waals surface area (Å²) in [4.78, 5) is 11.4. The highest BCUT2D eigenvalue weighted by molar-refractivity contribution is 5.79. The molecule has 1 rings (SSSR count). The van der Waals surface area contributed by atoms with Gasteiger partial charge in [0.05, 0.1) is 0 Å². The van der Waals surface area contributed by atoms with Crippen LogP contribution in [0.15, 0.2) is 0 Å². The first-order chi connectivity index (χ1) is 6.54. The van der Waals surface area contributed by atoms with Crippen LogP contribution in [0.1, 0.15) is 39.5 Å². The van der Waals surface area contributed by atoms with Gasteiger partial charge in [0.15, 0.2) is 0 Å². The van der Waals surface area contributed by atoms with Crippen molar-refractivity contribution in [3.05, 3.63) is 0 Å². The lowest BCUT2D eigenvalue weighted by Gasteiger charge is -2.42. The molecule has 0 aromatic rings. The molecule has 1 aliphatic rings. The summed E-state index contributed by atoms with van der Waals surface area (Å²) in [6, 6.07) is 0. The van der Waals surface area contributed by atoms with Crippen molar-refractivity contribution >= 4 is 5.97 Å². The zero-order chi connectivity index (χ0) is 10.8. The first kappa shape index (κ1) is 11.5. The molecule has 0 bridgehead atoms. The molecule has 1 fully saturated rings. The van der Waals surface area contributed by atoms with Crippen LogP contribution in [0.3, 0.4) is 0 Å². The van der Waals surface area contributed by atoms with Gasteiger partial charge in [0.25, 0.3) is 0 Å². The first-order valence-electron chi connectivity index (χ1n) is 5.47. The topological polar surface area (TPSA) is 49.3 Å². The average Bonchev–Trinajstić information content (AvgIpc) is 2.17. The molecule has 0 radical (unpaired) electrons. The number of hydrogen-bond acceptors (Lipinski definition) is 2. The van der Waals surface area contributed by atoms with E-state index in [0.29, 0.717) is 5.92 Å². The Kier molecular flexibility index (Phi) is 3.53. The van der Waals surface area contributed by atoms with Crippen molar-refractivity contribution in [1.82, 2.24) is 5.32 Å². The van der Waals surface area contributed by atoms with Gasteiger partial charge in [0.1, 0.15) is 5.54 Å². The summed E-state index contributed by atoms with van der Waals surface area (Å²) < 4.78 is 0. The third kappa shape index (κ3) is 1.78. The molecule has 0 aliphatic heterocycles. The maximum atomic E-state index is 11.4. The second kappa shape index (κ2) is 4.30. The van der Waals surface area contributed by atoms with Crippen LogP contribution < -0.4 is 5.32 Å². The van der Waals surface area contributed by atoms with E-state index >= 15 is 0 Å². The SMILES string of the molecule is CNC1(C(=O)O)CCCCC1C(C)C. The lowest BCUT2D eigenvalue weighted by Crippen LogP contribution is -2.58. The lowest BCUT2D eigenvalue weighted by molar-refractivity contribution is -0.150.